The van der Waals surface area contributed by atoms with Crippen molar-refractivity contribution < 1.29 is 19.1 Å². The van der Waals surface area contributed by atoms with E-state index >= 15 is 0 Å². The Bertz CT molecular complexity index is 1050. The van der Waals surface area contributed by atoms with Crippen LogP contribution in [0.3, 0.4) is 0 Å². The van der Waals surface area contributed by atoms with Crippen molar-refractivity contribution in [2.24, 2.45) is 5.92 Å². The zero-order valence-electron chi connectivity index (χ0n) is 23.0. The van der Waals surface area contributed by atoms with Gasteiger partial charge in [-0.1, -0.05) is 61.9 Å². The average molecular weight is 496 g/mol. The molecule has 7 nitrogen and oxygen atoms in total. The van der Waals surface area contributed by atoms with Crippen molar-refractivity contribution in [2.75, 3.05) is 5.32 Å². The molecule has 7 heteroatoms. The summed E-state index contributed by atoms with van der Waals surface area (Å²) in [4.78, 5) is 41.9. The molecule has 0 radical (unpaired) electrons. The summed E-state index contributed by atoms with van der Waals surface area (Å²) < 4.78 is 5.41. The van der Waals surface area contributed by atoms with Gasteiger partial charge in [0, 0.05) is 11.7 Å². The van der Waals surface area contributed by atoms with Gasteiger partial charge in [-0.25, -0.2) is 4.79 Å². The first-order chi connectivity index (χ1) is 16.7. The third kappa shape index (κ3) is 7.83. The van der Waals surface area contributed by atoms with Crippen molar-refractivity contribution in [3.05, 3.63) is 65.2 Å². The Balaban J connectivity index is 2.50. The van der Waals surface area contributed by atoms with Crippen LogP contribution in [-0.2, 0) is 14.3 Å². The molecular weight excluding hydrogens is 454 g/mol. The maximum absolute atomic E-state index is 14.0. The second-order valence-corrected chi connectivity index (χ2v) is 10.8. The van der Waals surface area contributed by atoms with E-state index in [0.717, 1.165) is 11.1 Å². The second kappa shape index (κ2) is 12.1. The molecule has 0 aromatic heterocycles. The van der Waals surface area contributed by atoms with Gasteiger partial charge in [-0.3, -0.25) is 9.59 Å². The van der Waals surface area contributed by atoms with Gasteiger partial charge in [0.1, 0.15) is 17.7 Å². The topological polar surface area (TPSA) is 87.7 Å². The number of anilines is 1. The molecule has 3 amide bonds. The minimum absolute atomic E-state index is 0.232. The standard InChI is InChI=1S/C29H41N3O4/c1-18(2)24(31-28(35)36-29(7,8)9)27(34)32(19(3)4)25(22-16-14-20(5)15-17-22)26(33)30-23-13-11-10-12-21(23)6/h10-19,24-25H,1-9H3,(H,30,33)(H,31,35). The molecule has 2 unspecified atom stereocenters. The van der Waals surface area contributed by atoms with Gasteiger partial charge in [-0.15, -0.1) is 0 Å². The number of hydrogen-bond acceptors (Lipinski definition) is 4. The van der Waals surface area contributed by atoms with E-state index < -0.39 is 23.8 Å². The fourth-order valence-electron chi connectivity index (χ4n) is 3.89. The van der Waals surface area contributed by atoms with Crippen molar-refractivity contribution in [3.8, 4) is 0 Å². The predicted octanol–water partition coefficient (Wildman–Crippen LogP) is 5.77. The first-order valence-corrected chi connectivity index (χ1v) is 12.5. The molecule has 2 aromatic carbocycles. The highest BCUT2D eigenvalue weighted by molar-refractivity contribution is 5.99. The molecule has 0 aliphatic carbocycles. The normalized spacial score (nSPS) is 13.2. The molecule has 0 heterocycles. The van der Waals surface area contributed by atoms with Crippen LogP contribution >= 0.6 is 0 Å². The van der Waals surface area contributed by atoms with Crippen molar-refractivity contribution in [1.82, 2.24) is 10.2 Å². The van der Waals surface area contributed by atoms with E-state index in [1.165, 1.54) is 0 Å². The van der Waals surface area contributed by atoms with Crippen LogP contribution in [0, 0.1) is 19.8 Å². The first-order valence-electron chi connectivity index (χ1n) is 12.5. The molecule has 0 bridgehead atoms. The lowest BCUT2D eigenvalue weighted by atomic mass is 9.97. The minimum Gasteiger partial charge on any atom is -0.444 e. The summed E-state index contributed by atoms with van der Waals surface area (Å²) in [6.07, 6.45) is -0.672. The van der Waals surface area contributed by atoms with E-state index in [2.05, 4.69) is 10.6 Å². The maximum atomic E-state index is 14.0. The maximum Gasteiger partial charge on any atom is 0.408 e. The van der Waals surface area contributed by atoms with Crippen LogP contribution in [0.5, 0.6) is 0 Å². The molecule has 0 aliphatic heterocycles. The zero-order chi connectivity index (χ0) is 27.2. The number of nitrogens with zero attached hydrogens (tertiary/aromatic N) is 1. The number of alkyl carbamates (subject to hydrolysis) is 1. The van der Waals surface area contributed by atoms with E-state index in [9.17, 15) is 14.4 Å². The SMILES string of the molecule is Cc1ccc(C(C(=O)Nc2ccccc2C)N(C(=O)C(NC(=O)OC(C)(C)C)C(C)C)C(C)C)cc1. The largest absolute Gasteiger partial charge is 0.444 e. The summed E-state index contributed by atoms with van der Waals surface area (Å²) in [6.45, 7) is 16.6. The van der Waals surface area contributed by atoms with E-state index in [0.29, 0.717) is 11.3 Å². The molecule has 0 fully saturated rings. The fourth-order valence-corrected chi connectivity index (χ4v) is 3.89. The van der Waals surface area contributed by atoms with Gasteiger partial charge in [-0.2, -0.15) is 0 Å². The Labute approximate surface area is 215 Å². The van der Waals surface area contributed by atoms with Gasteiger partial charge in [0.2, 0.25) is 5.91 Å². The molecule has 196 valence electrons. The predicted molar refractivity (Wildman–Crippen MR) is 144 cm³/mol. The van der Waals surface area contributed by atoms with Crippen LogP contribution in [-0.4, -0.2) is 40.5 Å². The molecule has 2 aromatic rings. The summed E-state index contributed by atoms with van der Waals surface area (Å²) in [6, 6.07) is 13.0. The molecule has 0 saturated carbocycles. The van der Waals surface area contributed by atoms with Crippen LogP contribution in [0.4, 0.5) is 10.5 Å². The number of aryl methyl sites for hydroxylation is 2. The van der Waals surface area contributed by atoms with Gasteiger partial charge in [-0.05, 0) is 71.6 Å². The molecule has 2 N–H and O–H groups in total. The quantitative estimate of drug-likeness (QED) is 0.487. The van der Waals surface area contributed by atoms with Crippen LogP contribution in [0.1, 0.15) is 71.2 Å². The number of ether oxygens (including phenoxy) is 1. The number of nitrogens with one attached hydrogen (secondary N) is 2. The van der Waals surface area contributed by atoms with Crippen molar-refractivity contribution in [2.45, 2.75) is 86.0 Å². The third-order valence-corrected chi connectivity index (χ3v) is 5.74. The van der Waals surface area contributed by atoms with Crippen LogP contribution in [0.2, 0.25) is 0 Å². The highest BCUT2D eigenvalue weighted by atomic mass is 16.6. The fraction of sp³-hybridized carbons (Fsp3) is 0.483. The summed E-state index contributed by atoms with van der Waals surface area (Å²) in [5.41, 5.74) is 2.63. The van der Waals surface area contributed by atoms with E-state index in [1.54, 1.807) is 25.7 Å². The van der Waals surface area contributed by atoms with Crippen LogP contribution < -0.4 is 10.6 Å². The van der Waals surface area contributed by atoms with Crippen LogP contribution in [0.15, 0.2) is 48.5 Å². The van der Waals surface area contributed by atoms with Gasteiger partial charge >= 0.3 is 6.09 Å². The van der Waals surface area contributed by atoms with Gasteiger partial charge in [0.05, 0.1) is 0 Å². The van der Waals surface area contributed by atoms with Gasteiger partial charge in [0.25, 0.3) is 5.91 Å². The lowest BCUT2D eigenvalue weighted by Gasteiger charge is -2.38. The molecule has 2 rings (SSSR count). The monoisotopic (exact) mass is 495 g/mol. The zero-order valence-corrected chi connectivity index (χ0v) is 23.0. The molecule has 0 aliphatic rings. The summed E-state index contributed by atoms with van der Waals surface area (Å²) in [5, 5.41) is 5.75. The molecule has 2 atom stereocenters. The van der Waals surface area contributed by atoms with E-state index in [1.807, 2.05) is 90.1 Å². The van der Waals surface area contributed by atoms with Crippen LogP contribution in [0.25, 0.3) is 0 Å². The summed E-state index contributed by atoms with van der Waals surface area (Å²) in [7, 11) is 0. The van der Waals surface area contributed by atoms with E-state index in [4.69, 9.17) is 4.74 Å². The second-order valence-electron chi connectivity index (χ2n) is 10.8. The highest BCUT2D eigenvalue weighted by Gasteiger charge is 2.39. The van der Waals surface area contributed by atoms with Crippen molar-refractivity contribution in [1.29, 1.82) is 0 Å². The Morgan fingerprint density at radius 1 is 0.889 bits per heavy atom. The first kappa shape index (κ1) is 28.9. The Morgan fingerprint density at radius 2 is 1.47 bits per heavy atom. The Morgan fingerprint density at radius 3 is 1.97 bits per heavy atom. The van der Waals surface area contributed by atoms with E-state index in [-0.39, 0.29) is 23.8 Å². The molecule has 0 spiro atoms. The summed E-state index contributed by atoms with van der Waals surface area (Å²) in [5.74, 6) is -0.907. The Hall–Kier alpha value is -3.35. The van der Waals surface area contributed by atoms with Gasteiger partial charge in [0.15, 0.2) is 0 Å². The highest BCUT2D eigenvalue weighted by Crippen LogP contribution is 2.28. The number of carbonyl (C=O) groups excluding carboxylic acids is 3. The van der Waals surface area contributed by atoms with Crippen molar-refractivity contribution >= 4 is 23.6 Å². The number of carbonyl (C=O) groups is 3. The van der Waals surface area contributed by atoms with Crippen molar-refractivity contribution in [3.63, 3.8) is 0 Å². The lowest BCUT2D eigenvalue weighted by molar-refractivity contribution is -0.143. The molecule has 0 saturated heterocycles. The number of hydrogen-bond donors (Lipinski definition) is 2. The Kier molecular flexibility index (Phi) is 9.68. The minimum atomic E-state index is -0.903. The number of amides is 3. The molecular formula is C29H41N3O4. The number of benzene rings is 2. The number of rotatable bonds is 8. The molecule has 36 heavy (non-hydrogen) atoms. The third-order valence-electron chi connectivity index (χ3n) is 5.74. The lowest BCUT2D eigenvalue weighted by Crippen LogP contribution is -2.56. The number of para-hydroxylation sites is 1. The average Bonchev–Trinajstić information content (AvgIpc) is 2.76. The smallest absolute Gasteiger partial charge is 0.408 e. The van der Waals surface area contributed by atoms with Gasteiger partial charge < -0.3 is 20.3 Å². The summed E-state index contributed by atoms with van der Waals surface area (Å²) >= 11 is 0.